The molecule has 0 radical (unpaired) electrons. The molecule has 0 aliphatic carbocycles. The summed E-state index contributed by atoms with van der Waals surface area (Å²) in [4.78, 5) is 7.06. The molecular weight excluding hydrogens is 256 g/mol. The minimum atomic E-state index is 0.331. The third-order valence-corrected chi connectivity index (χ3v) is 4.09. The lowest BCUT2D eigenvalue weighted by Gasteiger charge is -2.17. The van der Waals surface area contributed by atoms with Crippen LogP contribution in [0.1, 0.15) is 36.9 Å². The summed E-state index contributed by atoms with van der Waals surface area (Å²) < 4.78 is 0. The van der Waals surface area contributed by atoms with Crippen LogP contribution >= 0.6 is 0 Å². The van der Waals surface area contributed by atoms with E-state index in [1.54, 1.807) is 0 Å². The molecule has 1 aliphatic heterocycles. The molecule has 1 aromatic carbocycles. The van der Waals surface area contributed by atoms with Gasteiger partial charge in [0.05, 0.1) is 11.9 Å². The van der Waals surface area contributed by atoms with Crippen LogP contribution in [0.5, 0.6) is 0 Å². The Morgan fingerprint density at radius 1 is 1.05 bits per heavy atom. The average molecular weight is 278 g/mol. The van der Waals surface area contributed by atoms with Gasteiger partial charge in [-0.3, -0.25) is 4.98 Å². The Morgan fingerprint density at radius 2 is 1.81 bits per heavy atom. The van der Waals surface area contributed by atoms with Crippen LogP contribution in [0.2, 0.25) is 0 Å². The van der Waals surface area contributed by atoms with Crippen molar-refractivity contribution in [2.45, 2.75) is 25.7 Å². The quantitative estimate of drug-likeness (QED) is 0.818. The van der Waals surface area contributed by atoms with Crippen molar-refractivity contribution >= 4 is 11.8 Å². The molecular formula is C19H22N2. The predicted molar refractivity (Wildman–Crippen MR) is 89.6 cm³/mol. The van der Waals surface area contributed by atoms with Gasteiger partial charge < -0.3 is 4.90 Å². The second-order valence-corrected chi connectivity index (χ2v) is 5.69. The number of rotatable bonds is 4. The van der Waals surface area contributed by atoms with E-state index in [-0.39, 0.29) is 0 Å². The van der Waals surface area contributed by atoms with E-state index >= 15 is 0 Å². The summed E-state index contributed by atoms with van der Waals surface area (Å²) in [5.41, 5.74) is 3.62. The third-order valence-electron chi connectivity index (χ3n) is 4.09. The molecule has 2 aromatic rings. The highest BCUT2D eigenvalue weighted by molar-refractivity contribution is 5.51. The number of pyridine rings is 1. The Kier molecular flexibility index (Phi) is 4.34. The van der Waals surface area contributed by atoms with Crippen LogP contribution in [-0.4, -0.2) is 18.1 Å². The lowest BCUT2D eigenvalue weighted by Crippen LogP contribution is -2.17. The second-order valence-electron chi connectivity index (χ2n) is 5.69. The minimum absolute atomic E-state index is 0.331. The Bertz CT molecular complexity index is 581. The van der Waals surface area contributed by atoms with Gasteiger partial charge in [-0.2, -0.15) is 0 Å². The Labute approximate surface area is 127 Å². The fraction of sp³-hybridized carbons (Fsp3) is 0.316. The minimum Gasteiger partial charge on any atom is -0.370 e. The van der Waals surface area contributed by atoms with E-state index in [2.05, 4.69) is 65.4 Å². The molecule has 0 amide bonds. The van der Waals surface area contributed by atoms with Crippen LogP contribution in [0.15, 0.2) is 54.7 Å². The fourth-order valence-electron chi connectivity index (χ4n) is 2.75. The zero-order chi connectivity index (χ0) is 14.5. The third kappa shape index (κ3) is 3.52. The zero-order valence-corrected chi connectivity index (χ0v) is 12.6. The topological polar surface area (TPSA) is 16.1 Å². The Balaban J connectivity index is 1.67. The van der Waals surface area contributed by atoms with E-state index < -0.39 is 0 Å². The van der Waals surface area contributed by atoms with Gasteiger partial charge >= 0.3 is 0 Å². The fourth-order valence-corrected chi connectivity index (χ4v) is 2.75. The normalized spacial score (nSPS) is 16.5. The molecule has 0 spiro atoms. The number of benzene rings is 1. The first kappa shape index (κ1) is 13.9. The van der Waals surface area contributed by atoms with Gasteiger partial charge in [0.1, 0.15) is 0 Å². The summed E-state index contributed by atoms with van der Waals surface area (Å²) in [5.74, 6) is 0.331. The molecule has 2 heterocycles. The molecule has 2 heteroatoms. The number of aromatic nitrogens is 1. The van der Waals surface area contributed by atoms with Crippen molar-refractivity contribution in [3.8, 4) is 0 Å². The van der Waals surface area contributed by atoms with Crippen LogP contribution in [0.25, 0.3) is 6.08 Å². The summed E-state index contributed by atoms with van der Waals surface area (Å²) in [6.45, 7) is 4.53. The predicted octanol–water partition coefficient (Wildman–Crippen LogP) is 4.50. The van der Waals surface area contributed by atoms with Crippen LogP contribution < -0.4 is 4.90 Å². The maximum absolute atomic E-state index is 4.64. The van der Waals surface area contributed by atoms with Crippen molar-refractivity contribution in [3.63, 3.8) is 0 Å². The summed E-state index contributed by atoms with van der Waals surface area (Å²) in [7, 11) is 0. The molecule has 21 heavy (non-hydrogen) atoms. The molecule has 108 valence electrons. The molecule has 0 bridgehead atoms. The van der Waals surface area contributed by atoms with Gasteiger partial charge in [0, 0.05) is 24.7 Å². The maximum Gasteiger partial charge on any atom is 0.0552 e. The van der Waals surface area contributed by atoms with Crippen molar-refractivity contribution in [2.24, 2.45) is 0 Å². The molecule has 2 nitrogen and oxygen atoms in total. The van der Waals surface area contributed by atoms with E-state index in [0.717, 1.165) is 5.69 Å². The van der Waals surface area contributed by atoms with Crippen molar-refractivity contribution in [1.82, 2.24) is 4.98 Å². The maximum atomic E-state index is 4.64. The Morgan fingerprint density at radius 3 is 2.48 bits per heavy atom. The molecule has 1 aliphatic rings. The number of anilines is 1. The van der Waals surface area contributed by atoms with Crippen LogP contribution in [0.3, 0.4) is 0 Å². The lowest BCUT2D eigenvalue weighted by atomic mass is 10.0. The van der Waals surface area contributed by atoms with Gasteiger partial charge in [-0.1, -0.05) is 49.4 Å². The van der Waals surface area contributed by atoms with Crippen molar-refractivity contribution < 1.29 is 0 Å². The first-order valence-corrected chi connectivity index (χ1v) is 7.77. The number of nitrogens with zero attached hydrogens (tertiary/aromatic N) is 2. The van der Waals surface area contributed by atoms with Gasteiger partial charge in [0.15, 0.2) is 0 Å². The van der Waals surface area contributed by atoms with Crippen molar-refractivity contribution in [3.05, 3.63) is 66.0 Å². The number of hydrogen-bond donors (Lipinski definition) is 0. The van der Waals surface area contributed by atoms with E-state index in [1.165, 1.54) is 37.2 Å². The average Bonchev–Trinajstić information content (AvgIpc) is 3.08. The molecule has 0 saturated carbocycles. The largest absolute Gasteiger partial charge is 0.370 e. The summed E-state index contributed by atoms with van der Waals surface area (Å²) >= 11 is 0. The van der Waals surface area contributed by atoms with Gasteiger partial charge in [-0.05, 0) is 30.5 Å². The van der Waals surface area contributed by atoms with Crippen LogP contribution in [0, 0.1) is 0 Å². The molecule has 1 unspecified atom stereocenters. The lowest BCUT2D eigenvalue weighted by molar-refractivity contribution is 0.897. The molecule has 1 fully saturated rings. The highest BCUT2D eigenvalue weighted by atomic mass is 15.1. The summed E-state index contributed by atoms with van der Waals surface area (Å²) in [6, 6.07) is 14.8. The van der Waals surface area contributed by atoms with Crippen molar-refractivity contribution in [2.75, 3.05) is 18.0 Å². The van der Waals surface area contributed by atoms with E-state index in [1.807, 2.05) is 12.3 Å². The molecule has 0 N–H and O–H groups in total. The molecule has 1 atom stereocenters. The van der Waals surface area contributed by atoms with Crippen LogP contribution in [-0.2, 0) is 0 Å². The van der Waals surface area contributed by atoms with Crippen LogP contribution in [0.4, 0.5) is 5.69 Å². The van der Waals surface area contributed by atoms with E-state index in [9.17, 15) is 0 Å². The highest BCUT2D eigenvalue weighted by Gasteiger charge is 2.12. The number of hydrogen-bond acceptors (Lipinski definition) is 2. The second kappa shape index (κ2) is 6.57. The van der Waals surface area contributed by atoms with E-state index in [0.29, 0.717) is 5.92 Å². The zero-order valence-electron chi connectivity index (χ0n) is 12.6. The summed E-state index contributed by atoms with van der Waals surface area (Å²) in [5, 5.41) is 0. The first-order valence-electron chi connectivity index (χ1n) is 7.77. The highest BCUT2D eigenvalue weighted by Crippen LogP contribution is 2.22. The van der Waals surface area contributed by atoms with E-state index in [4.69, 9.17) is 0 Å². The molecule has 3 rings (SSSR count). The van der Waals surface area contributed by atoms with Gasteiger partial charge in [-0.25, -0.2) is 0 Å². The van der Waals surface area contributed by atoms with Crippen molar-refractivity contribution in [1.29, 1.82) is 0 Å². The smallest absolute Gasteiger partial charge is 0.0552 e. The van der Waals surface area contributed by atoms with Gasteiger partial charge in [0.2, 0.25) is 0 Å². The van der Waals surface area contributed by atoms with Gasteiger partial charge in [-0.15, -0.1) is 0 Å². The SMILES string of the molecule is CC(/C=C/c1ccccc1)c1ccc(N2CCCC2)cn1. The standard InChI is InChI=1S/C19H22N2/c1-16(9-10-17-7-3-2-4-8-17)19-12-11-18(15-20-19)21-13-5-6-14-21/h2-4,7-12,15-16H,5-6,13-14H2,1H3/b10-9+. The molecule has 1 aromatic heterocycles. The Hall–Kier alpha value is -2.09. The van der Waals surface area contributed by atoms with Gasteiger partial charge in [0.25, 0.3) is 0 Å². The number of allylic oxidation sites excluding steroid dienone is 1. The molecule has 1 saturated heterocycles. The first-order chi connectivity index (χ1) is 10.3. The monoisotopic (exact) mass is 278 g/mol. The summed E-state index contributed by atoms with van der Waals surface area (Å²) in [6.07, 6.45) is 9.01.